The van der Waals surface area contributed by atoms with Gasteiger partial charge in [-0.3, -0.25) is 19.2 Å². The van der Waals surface area contributed by atoms with Gasteiger partial charge in [-0.1, -0.05) is 6.07 Å². The molecule has 1 aromatic carbocycles. The van der Waals surface area contributed by atoms with Crippen molar-refractivity contribution >= 4 is 33.5 Å². The molecule has 0 saturated carbocycles. The molecule has 0 N–H and O–H groups in total. The number of nitrogens with zero attached hydrogens (tertiary/aromatic N) is 2. The minimum atomic E-state index is -1.07. The molecule has 0 aromatic heterocycles. The molecule has 0 spiro atoms. The zero-order chi connectivity index (χ0) is 16.4. The average Bonchev–Trinajstić information content (AvgIpc) is 2.75. The number of carbonyl (C=O) groups excluding carboxylic acids is 3. The van der Waals surface area contributed by atoms with Gasteiger partial charge in [0.25, 0.3) is 11.8 Å². The molecule has 1 atom stereocenters. The van der Waals surface area contributed by atoms with Gasteiger partial charge in [-0.15, -0.1) is 0 Å². The number of Topliss-reactive ketones (excluding diaryl/α,β-unsaturated/α-hetero) is 1. The lowest BCUT2D eigenvalue weighted by atomic mass is 10.1. The molecule has 6 nitrogen and oxygen atoms in total. The van der Waals surface area contributed by atoms with Crippen LogP contribution < -0.4 is 0 Å². The fourth-order valence-corrected chi connectivity index (χ4v) is 2.60. The molecular formula is C14H14BrFN2O4. The van der Waals surface area contributed by atoms with Crippen molar-refractivity contribution in [1.82, 2.24) is 9.96 Å². The van der Waals surface area contributed by atoms with E-state index in [1.54, 1.807) is 0 Å². The Kier molecular flexibility index (Phi) is 4.92. The Morgan fingerprint density at radius 2 is 2.18 bits per heavy atom. The second-order valence-corrected chi connectivity index (χ2v) is 5.76. The Bertz CT molecular complexity index is 637. The third kappa shape index (κ3) is 3.17. The molecule has 0 bridgehead atoms. The van der Waals surface area contributed by atoms with Crippen LogP contribution in [0.2, 0.25) is 0 Å². The fraction of sp³-hybridized carbons (Fsp3) is 0.357. The van der Waals surface area contributed by atoms with Crippen molar-refractivity contribution in [2.45, 2.75) is 6.54 Å². The maximum Gasteiger partial charge on any atom is 0.290 e. The normalized spacial score (nSPS) is 18.0. The van der Waals surface area contributed by atoms with Gasteiger partial charge in [0, 0.05) is 13.6 Å². The van der Waals surface area contributed by atoms with Gasteiger partial charge in [-0.2, -0.15) is 0 Å². The van der Waals surface area contributed by atoms with E-state index < -0.39 is 29.3 Å². The number of hydrogen-bond donors (Lipinski definition) is 0. The van der Waals surface area contributed by atoms with E-state index in [0.29, 0.717) is 5.56 Å². The highest BCUT2D eigenvalue weighted by Gasteiger charge is 2.43. The Balaban J connectivity index is 2.14. The zero-order valence-corrected chi connectivity index (χ0v) is 13.6. The van der Waals surface area contributed by atoms with Crippen molar-refractivity contribution in [3.05, 3.63) is 34.1 Å². The molecule has 22 heavy (non-hydrogen) atoms. The number of hydroxylamine groups is 2. The Morgan fingerprint density at radius 1 is 1.50 bits per heavy atom. The predicted octanol–water partition coefficient (Wildman–Crippen LogP) is 1.14. The first kappa shape index (κ1) is 16.6. The molecule has 1 aromatic rings. The number of ketones is 1. The van der Waals surface area contributed by atoms with Gasteiger partial charge in [-0.25, -0.2) is 9.45 Å². The Hall–Kier alpha value is -1.80. The van der Waals surface area contributed by atoms with E-state index in [2.05, 4.69) is 15.9 Å². The van der Waals surface area contributed by atoms with Crippen LogP contribution in [0.5, 0.6) is 0 Å². The summed E-state index contributed by atoms with van der Waals surface area (Å²) in [7, 11) is 2.75. The van der Waals surface area contributed by atoms with Crippen LogP contribution in [-0.2, 0) is 25.8 Å². The number of likely N-dealkylation sites (N-methyl/N-ethyl adjacent to an activating group) is 1. The van der Waals surface area contributed by atoms with E-state index in [1.807, 2.05) is 0 Å². The van der Waals surface area contributed by atoms with Crippen molar-refractivity contribution in [2.75, 3.05) is 20.7 Å². The van der Waals surface area contributed by atoms with E-state index >= 15 is 0 Å². The van der Waals surface area contributed by atoms with E-state index in [1.165, 1.54) is 37.3 Å². The van der Waals surface area contributed by atoms with E-state index in [9.17, 15) is 18.8 Å². The Morgan fingerprint density at radius 3 is 2.68 bits per heavy atom. The smallest absolute Gasteiger partial charge is 0.290 e. The van der Waals surface area contributed by atoms with Crippen molar-refractivity contribution in [3.8, 4) is 0 Å². The fourth-order valence-electron chi connectivity index (χ4n) is 2.18. The minimum Gasteiger partial charge on any atom is -0.338 e. The first-order chi connectivity index (χ1) is 10.3. The van der Waals surface area contributed by atoms with Crippen molar-refractivity contribution in [3.63, 3.8) is 0 Å². The lowest BCUT2D eigenvalue weighted by molar-refractivity contribution is -0.183. The van der Waals surface area contributed by atoms with Gasteiger partial charge in [-0.05, 0) is 33.6 Å². The lowest BCUT2D eigenvalue weighted by Crippen LogP contribution is -2.38. The van der Waals surface area contributed by atoms with Gasteiger partial charge in [0.1, 0.15) is 11.7 Å². The molecule has 0 aliphatic carbocycles. The molecule has 1 heterocycles. The summed E-state index contributed by atoms with van der Waals surface area (Å²) in [6.45, 7) is 0.0688. The van der Waals surface area contributed by atoms with E-state index in [0.717, 1.165) is 5.06 Å². The highest BCUT2D eigenvalue weighted by molar-refractivity contribution is 9.10. The Labute approximate surface area is 134 Å². The number of hydrogen-bond acceptors (Lipinski definition) is 4. The molecule has 0 radical (unpaired) electrons. The van der Waals surface area contributed by atoms with E-state index in [4.69, 9.17) is 4.84 Å². The maximum atomic E-state index is 13.2. The lowest BCUT2D eigenvalue weighted by Gasteiger charge is -2.22. The molecule has 2 amide bonds. The van der Waals surface area contributed by atoms with Gasteiger partial charge < -0.3 is 4.90 Å². The number of benzene rings is 1. The molecule has 118 valence electrons. The minimum absolute atomic E-state index is 0.0312. The van der Waals surface area contributed by atoms with Crippen LogP contribution in [0.1, 0.15) is 5.56 Å². The summed E-state index contributed by atoms with van der Waals surface area (Å²) in [4.78, 5) is 41.8. The summed E-state index contributed by atoms with van der Waals surface area (Å²) in [5.74, 6) is -3.50. The first-order valence-electron chi connectivity index (χ1n) is 6.44. The largest absolute Gasteiger partial charge is 0.338 e. The van der Waals surface area contributed by atoms with Crippen LogP contribution in [0.25, 0.3) is 0 Å². The zero-order valence-electron chi connectivity index (χ0n) is 12.0. The molecule has 1 saturated heterocycles. The standard InChI is InChI=1S/C14H14BrFN2O4/c1-17-7-9(12(19)14(17)21)13(20)18(22-2)6-8-3-4-11(16)10(15)5-8/h3-5,9H,6-7H2,1-2H3. The molecule has 1 aliphatic rings. The van der Waals surface area contributed by atoms with Crippen LogP contribution in [0, 0.1) is 11.7 Å². The van der Waals surface area contributed by atoms with Crippen LogP contribution in [0.3, 0.4) is 0 Å². The summed E-state index contributed by atoms with van der Waals surface area (Å²) in [6.07, 6.45) is 0. The van der Waals surface area contributed by atoms with Crippen LogP contribution in [-0.4, -0.2) is 48.3 Å². The summed E-state index contributed by atoms with van der Waals surface area (Å²) in [5.41, 5.74) is 0.619. The average molecular weight is 373 g/mol. The second-order valence-electron chi connectivity index (χ2n) is 4.91. The topological polar surface area (TPSA) is 66.9 Å². The summed E-state index contributed by atoms with van der Waals surface area (Å²) in [6, 6.07) is 4.28. The van der Waals surface area contributed by atoms with Gasteiger partial charge in [0.15, 0.2) is 0 Å². The molecule has 1 unspecified atom stereocenters. The number of amides is 2. The second kappa shape index (κ2) is 6.53. The highest BCUT2D eigenvalue weighted by atomic mass is 79.9. The van der Waals surface area contributed by atoms with Crippen molar-refractivity contribution in [1.29, 1.82) is 0 Å². The first-order valence-corrected chi connectivity index (χ1v) is 7.23. The number of halogens is 2. The van der Waals surface area contributed by atoms with Crippen molar-refractivity contribution in [2.24, 2.45) is 5.92 Å². The monoisotopic (exact) mass is 372 g/mol. The molecular weight excluding hydrogens is 359 g/mol. The maximum absolute atomic E-state index is 13.2. The van der Waals surface area contributed by atoms with Gasteiger partial charge >= 0.3 is 0 Å². The highest BCUT2D eigenvalue weighted by Crippen LogP contribution is 2.20. The number of carbonyl (C=O) groups is 3. The summed E-state index contributed by atoms with van der Waals surface area (Å²) >= 11 is 3.06. The quantitative estimate of drug-likeness (QED) is 0.451. The molecule has 1 aliphatic heterocycles. The van der Waals surface area contributed by atoms with E-state index in [-0.39, 0.29) is 17.6 Å². The van der Waals surface area contributed by atoms with Crippen LogP contribution in [0.4, 0.5) is 4.39 Å². The van der Waals surface area contributed by atoms with Crippen molar-refractivity contribution < 1.29 is 23.6 Å². The third-order valence-corrected chi connectivity index (χ3v) is 4.01. The van der Waals surface area contributed by atoms with Crippen LogP contribution >= 0.6 is 15.9 Å². The third-order valence-electron chi connectivity index (χ3n) is 3.40. The van der Waals surface area contributed by atoms with Gasteiger partial charge in [0.2, 0.25) is 5.78 Å². The van der Waals surface area contributed by atoms with Gasteiger partial charge in [0.05, 0.1) is 18.1 Å². The molecule has 8 heteroatoms. The van der Waals surface area contributed by atoms with Crippen LogP contribution in [0.15, 0.2) is 22.7 Å². The predicted molar refractivity (Wildman–Crippen MR) is 77.8 cm³/mol. The summed E-state index contributed by atoms with van der Waals surface area (Å²) in [5, 5.41) is 0.995. The number of likely N-dealkylation sites (tertiary alicyclic amines) is 1. The number of rotatable bonds is 4. The molecule has 2 rings (SSSR count). The molecule has 1 fully saturated rings. The summed E-state index contributed by atoms with van der Waals surface area (Å²) < 4.78 is 13.5. The SMILES string of the molecule is CON(Cc1ccc(F)c(Br)c1)C(=O)C1CN(C)C(=O)C1=O.